The summed E-state index contributed by atoms with van der Waals surface area (Å²) in [4.78, 5) is 37.1. The quantitative estimate of drug-likeness (QED) is 0.697. The molecular weight excluding hydrogens is 300 g/mol. The third kappa shape index (κ3) is 1.83. The van der Waals surface area contributed by atoms with Crippen molar-refractivity contribution in [3.63, 3.8) is 0 Å². The van der Waals surface area contributed by atoms with Crippen LogP contribution < -0.4 is 0 Å². The van der Waals surface area contributed by atoms with Crippen LogP contribution in [0.3, 0.4) is 0 Å². The average Bonchev–Trinajstić information content (AvgIpc) is 2.85. The summed E-state index contributed by atoms with van der Waals surface area (Å²) in [5.74, 6) is 3.77. The normalized spacial score (nSPS) is 43.6. The minimum Gasteiger partial charge on any atom is -0.299 e. The van der Waals surface area contributed by atoms with Crippen LogP contribution in [-0.4, -0.2) is 17.3 Å². The molecule has 24 heavy (non-hydrogen) atoms. The molecule has 3 heteroatoms. The number of hydrogen-bond acceptors (Lipinski definition) is 3. The summed E-state index contributed by atoms with van der Waals surface area (Å²) in [5, 5.41) is 0. The lowest BCUT2D eigenvalue weighted by Gasteiger charge is -2.55. The fourth-order valence-corrected chi connectivity index (χ4v) is 6.07. The van der Waals surface area contributed by atoms with Crippen molar-refractivity contribution in [2.24, 2.45) is 28.6 Å². The van der Waals surface area contributed by atoms with E-state index in [1.54, 1.807) is 6.08 Å². The summed E-state index contributed by atoms with van der Waals surface area (Å²) >= 11 is 0. The molecule has 4 aliphatic carbocycles. The van der Waals surface area contributed by atoms with E-state index in [0.717, 1.165) is 19.3 Å². The van der Waals surface area contributed by atoms with Crippen molar-refractivity contribution in [3.8, 4) is 12.3 Å². The molecule has 3 saturated carbocycles. The first-order valence-electron chi connectivity index (χ1n) is 8.88. The highest BCUT2D eigenvalue weighted by Gasteiger charge is 2.61. The Morgan fingerprint density at radius 1 is 1.25 bits per heavy atom. The van der Waals surface area contributed by atoms with Gasteiger partial charge < -0.3 is 0 Å². The van der Waals surface area contributed by atoms with E-state index in [0.29, 0.717) is 30.6 Å². The van der Waals surface area contributed by atoms with Gasteiger partial charge >= 0.3 is 0 Å². The van der Waals surface area contributed by atoms with E-state index in [2.05, 4.69) is 12.8 Å². The standard InChI is InChI=1S/C21H22O3/c1-3-8-21-10-6-13(22)11-17(21)18(23)12-14-15-4-5-19(24)20(15,2)9-7-16(14)21/h1,6,10-11,14-16H,4-5,7-9,12H2,2H3/t14-,15-,16-,20-,21+/m0/s1. The van der Waals surface area contributed by atoms with Crippen LogP contribution in [0.25, 0.3) is 0 Å². The minimum atomic E-state index is -0.504. The van der Waals surface area contributed by atoms with Gasteiger partial charge in [0.2, 0.25) is 0 Å². The molecule has 0 aliphatic heterocycles. The molecule has 0 amide bonds. The molecule has 0 N–H and O–H groups in total. The largest absolute Gasteiger partial charge is 0.299 e. The van der Waals surface area contributed by atoms with E-state index < -0.39 is 5.41 Å². The van der Waals surface area contributed by atoms with Gasteiger partial charge in [0, 0.05) is 35.7 Å². The highest BCUT2D eigenvalue weighted by Crippen LogP contribution is 2.63. The molecule has 0 spiro atoms. The fourth-order valence-electron chi connectivity index (χ4n) is 6.07. The number of allylic oxidation sites excluding steroid dienone is 4. The fraction of sp³-hybridized carbons (Fsp3) is 0.571. The van der Waals surface area contributed by atoms with Crippen molar-refractivity contribution in [1.29, 1.82) is 0 Å². The van der Waals surface area contributed by atoms with Crippen LogP contribution in [0.2, 0.25) is 0 Å². The molecule has 0 radical (unpaired) electrons. The molecular formula is C21H22O3. The Morgan fingerprint density at radius 2 is 2.04 bits per heavy atom. The molecule has 0 aromatic heterocycles. The number of ketones is 3. The van der Waals surface area contributed by atoms with E-state index >= 15 is 0 Å². The SMILES string of the molecule is C#CC[C@]12C=CC(=O)C=C1C(=O)C[C@H]1[C@@H]3CCC(=O)[C@@]3(C)CC[C@@H]12. The molecule has 0 bridgehead atoms. The van der Waals surface area contributed by atoms with Crippen molar-refractivity contribution < 1.29 is 14.4 Å². The Bertz CT molecular complexity index is 750. The van der Waals surface area contributed by atoms with Gasteiger partial charge in [0.05, 0.1) is 0 Å². The lowest BCUT2D eigenvalue weighted by atomic mass is 9.47. The van der Waals surface area contributed by atoms with Gasteiger partial charge in [-0.2, -0.15) is 0 Å². The molecule has 3 fully saturated rings. The molecule has 0 saturated heterocycles. The van der Waals surface area contributed by atoms with Gasteiger partial charge in [-0.1, -0.05) is 13.0 Å². The van der Waals surface area contributed by atoms with E-state index in [9.17, 15) is 14.4 Å². The lowest BCUT2D eigenvalue weighted by Crippen LogP contribution is -2.53. The van der Waals surface area contributed by atoms with Crippen molar-refractivity contribution in [3.05, 3.63) is 23.8 Å². The minimum absolute atomic E-state index is 0.0489. The van der Waals surface area contributed by atoms with Gasteiger partial charge in [0.15, 0.2) is 11.6 Å². The molecule has 0 aromatic carbocycles. The molecule has 124 valence electrons. The average molecular weight is 322 g/mol. The maximum Gasteiger partial charge on any atom is 0.178 e. The summed E-state index contributed by atoms with van der Waals surface area (Å²) in [6.45, 7) is 2.09. The third-order valence-corrected chi connectivity index (χ3v) is 7.26. The van der Waals surface area contributed by atoms with Gasteiger partial charge in [0.1, 0.15) is 5.78 Å². The Hall–Kier alpha value is -1.95. The first-order chi connectivity index (χ1) is 11.4. The van der Waals surface area contributed by atoms with Gasteiger partial charge in [-0.05, 0) is 49.2 Å². The van der Waals surface area contributed by atoms with Crippen molar-refractivity contribution >= 4 is 17.3 Å². The summed E-state index contributed by atoms with van der Waals surface area (Å²) < 4.78 is 0. The second-order valence-electron chi connectivity index (χ2n) is 8.14. The van der Waals surface area contributed by atoms with Crippen LogP contribution in [0.15, 0.2) is 23.8 Å². The van der Waals surface area contributed by atoms with E-state index in [-0.39, 0.29) is 34.7 Å². The van der Waals surface area contributed by atoms with Crippen molar-refractivity contribution in [2.45, 2.75) is 45.4 Å². The predicted octanol–water partition coefficient (Wildman–Crippen LogP) is 3.05. The van der Waals surface area contributed by atoms with Crippen LogP contribution in [0.1, 0.15) is 45.4 Å². The lowest BCUT2D eigenvalue weighted by molar-refractivity contribution is -0.136. The Labute approximate surface area is 142 Å². The predicted molar refractivity (Wildman–Crippen MR) is 89.8 cm³/mol. The zero-order valence-electron chi connectivity index (χ0n) is 14.0. The summed E-state index contributed by atoms with van der Waals surface area (Å²) in [7, 11) is 0. The van der Waals surface area contributed by atoms with E-state index in [1.165, 1.54) is 6.08 Å². The summed E-state index contributed by atoms with van der Waals surface area (Å²) in [6, 6.07) is 0. The molecule has 3 nitrogen and oxygen atoms in total. The van der Waals surface area contributed by atoms with E-state index in [4.69, 9.17) is 6.42 Å². The Kier molecular flexibility index (Phi) is 3.26. The van der Waals surface area contributed by atoms with Crippen LogP contribution >= 0.6 is 0 Å². The number of rotatable bonds is 1. The number of carbonyl (C=O) groups excluding carboxylic acids is 3. The van der Waals surface area contributed by atoms with Gasteiger partial charge in [-0.15, -0.1) is 12.3 Å². The molecule has 0 aromatic rings. The second kappa shape index (κ2) is 5.02. The van der Waals surface area contributed by atoms with Crippen LogP contribution in [-0.2, 0) is 14.4 Å². The summed E-state index contributed by atoms with van der Waals surface area (Å²) in [5.41, 5.74) is -0.161. The highest BCUT2D eigenvalue weighted by molar-refractivity contribution is 6.10. The highest BCUT2D eigenvalue weighted by atomic mass is 16.1. The first kappa shape index (κ1) is 15.6. The van der Waals surface area contributed by atoms with E-state index in [1.807, 2.05) is 6.08 Å². The molecule has 5 atom stereocenters. The van der Waals surface area contributed by atoms with Crippen molar-refractivity contribution in [1.82, 2.24) is 0 Å². The molecule has 4 rings (SSSR count). The number of hydrogen-bond donors (Lipinski definition) is 0. The maximum atomic E-state index is 12.9. The smallest absolute Gasteiger partial charge is 0.178 e. The van der Waals surface area contributed by atoms with Gasteiger partial charge in [0.25, 0.3) is 0 Å². The third-order valence-electron chi connectivity index (χ3n) is 7.26. The summed E-state index contributed by atoms with van der Waals surface area (Å²) in [6.07, 6.45) is 14.8. The van der Waals surface area contributed by atoms with Crippen LogP contribution in [0, 0.1) is 40.9 Å². The van der Waals surface area contributed by atoms with Gasteiger partial charge in [-0.25, -0.2) is 0 Å². The van der Waals surface area contributed by atoms with Crippen LogP contribution in [0.5, 0.6) is 0 Å². The van der Waals surface area contributed by atoms with Crippen LogP contribution in [0.4, 0.5) is 0 Å². The molecule has 4 aliphatic rings. The maximum absolute atomic E-state index is 12.9. The Balaban J connectivity index is 1.82. The number of terminal acetylenes is 1. The molecule has 0 heterocycles. The monoisotopic (exact) mass is 322 g/mol. The van der Waals surface area contributed by atoms with Gasteiger partial charge in [-0.3, -0.25) is 14.4 Å². The van der Waals surface area contributed by atoms with Crippen molar-refractivity contribution in [2.75, 3.05) is 0 Å². The number of carbonyl (C=O) groups is 3. The number of fused-ring (bicyclic) bond motifs is 5. The molecule has 0 unspecified atom stereocenters. The zero-order valence-corrected chi connectivity index (χ0v) is 14.0. The Morgan fingerprint density at radius 3 is 2.79 bits per heavy atom. The second-order valence-corrected chi connectivity index (χ2v) is 8.14. The number of Topliss-reactive ketones (excluding diaryl/α,β-unsaturated/α-hetero) is 2. The first-order valence-corrected chi connectivity index (χ1v) is 8.88. The topological polar surface area (TPSA) is 51.2 Å². The zero-order chi connectivity index (χ0) is 17.1.